The lowest BCUT2D eigenvalue weighted by molar-refractivity contribution is -0.119. The van der Waals surface area contributed by atoms with Crippen LogP contribution in [0.2, 0.25) is 5.02 Å². The van der Waals surface area contributed by atoms with Crippen LogP contribution in [0.4, 0.5) is 10.2 Å². The van der Waals surface area contributed by atoms with Crippen LogP contribution in [-0.2, 0) is 16.6 Å². The molecular weight excluding hydrogens is 403 g/mol. The van der Waals surface area contributed by atoms with E-state index in [9.17, 15) is 9.18 Å². The third-order valence-electron chi connectivity index (χ3n) is 3.97. The normalized spacial score (nSPS) is 10.9. The van der Waals surface area contributed by atoms with E-state index in [1.54, 1.807) is 42.2 Å². The number of methoxy groups -OCH3 is 1. The van der Waals surface area contributed by atoms with Crippen LogP contribution in [0.5, 0.6) is 0 Å². The molecule has 3 aromatic rings. The number of pyridine rings is 1. The van der Waals surface area contributed by atoms with Gasteiger partial charge in [0, 0.05) is 36.5 Å². The van der Waals surface area contributed by atoms with E-state index in [2.05, 4.69) is 15.4 Å². The predicted molar refractivity (Wildman–Crippen MR) is 109 cm³/mol. The van der Waals surface area contributed by atoms with Crippen LogP contribution in [-0.4, -0.2) is 40.6 Å². The minimum atomic E-state index is -0.456. The average Bonchev–Trinajstić information content (AvgIpc) is 2.98. The summed E-state index contributed by atoms with van der Waals surface area (Å²) in [7, 11) is 3.24. The maximum absolute atomic E-state index is 14.6. The molecule has 9 heteroatoms. The van der Waals surface area contributed by atoms with Crippen molar-refractivity contribution < 1.29 is 13.9 Å². The van der Waals surface area contributed by atoms with E-state index >= 15 is 0 Å². The molecule has 1 amide bonds. The van der Waals surface area contributed by atoms with E-state index in [4.69, 9.17) is 16.3 Å². The van der Waals surface area contributed by atoms with Crippen molar-refractivity contribution >= 4 is 35.1 Å². The smallest absolute Gasteiger partial charge is 0.251 e. The monoisotopic (exact) mass is 420 g/mol. The number of hydrogen-bond acceptors (Lipinski definition) is 5. The molecule has 0 unspecified atom stereocenters. The molecule has 0 spiro atoms. The van der Waals surface area contributed by atoms with Gasteiger partial charge in [0.25, 0.3) is 5.91 Å². The lowest BCUT2D eigenvalue weighted by Gasteiger charge is -2.09. The molecule has 28 heavy (non-hydrogen) atoms. The highest BCUT2D eigenvalue weighted by Crippen LogP contribution is 2.40. The van der Waals surface area contributed by atoms with Crippen LogP contribution in [0.25, 0.3) is 22.4 Å². The summed E-state index contributed by atoms with van der Waals surface area (Å²) < 4.78 is 21.1. The minimum absolute atomic E-state index is 0.0733. The van der Waals surface area contributed by atoms with Crippen molar-refractivity contribution in [3.63, 3.8) is 0 Å². The summed E-state index contributed by atoms with van der Waals surface area (Å²) in [6, 6.07) is 8.01. The first-order valence-corrected chi connectivity index (χ1v) is 9.86. The first-order chi connectivity index (χ1) is 13.4. The number of amides is 1. The maximum Gasteiger partial charge on any atom is 0.251 e. The summed E-state index contributed by atoms with van der Waals surface area (Å²) in [5, 5.41) is 8.37. The number of hydrogen-bond donors (Lipinski definition) is 1. The number of rotatable bonds is 6. The quantitative estimate of drug-likeness (QED) is 0.604. The summed E-state index contributed by atoms with van der Waals surface area (Å²) in [5.74, 6) is -0.396. The maximum atomic E-state index is 14.6. The standard InChI is InChI=1S/C19H18ClFN4O2S/c1-25-19(28-3)17(18(24-25)13-5-4-12(20)9-14(13)21)11-6-7-22-15(8-11)23-16(26)10-27-2/h4-9H,10H2,1-3H3,(H,22,23,26). The molecule has 6 nitrogen and oxygen atoms in total. The lowest BCUT2D eigenvalue weighted by Crippen LogP contribution is -2.17. The number of thioether (sulfide) groups is 1. The highest BCUT2D eigenvalue weighted by molar-refractivity contribution is 7.98. The molecule has 0 saturated carbocycles. The third kappa shape index (κ3) is 4.19. The molecule has 3 rings (SSSR count). The fourth-order valence-electron chi connectivity index (χ4n) is 2.84. The molecule has 0 saturated heterocycles. The van der Waals surface area contributed by atoms with Crippen LogP contribution < -0.4 is 5.32 Å². The van der Waals surface area contributed by atoms with Gasteiger partial charge in [-0.25, -0.2) is 9.37 Å². The zero-order valence-electron chi connectivity index (χ0n) is 15.5. The van der Waals surface area contributed by atoms with Crippen LogP contribution >= 0.6 is 23.4 Å². The number of nitrogens with one attached hydrogen (secondary N) is 1. The van der Waals surface area contributed by atoms with Gasteiger partial charge in [-0.05, 0) is 42.2 Å². The summed E-state index contributed by atoms with van der Waals surface area (Å²) in [6.45, 7) is -0.0733. The number of carbonyl (C=O) groups is 1. The molecule has 146 valence electrons. The van der Waals surface area contributed by atoms with Crippen molar-refractivity contribution in [1.29, 1.82) is 0 Å². The van der Waals surface area contributed by atoms with Crippen molar-refractivity contribution in [2.24, 2.45) is 7.05 Å². The fraction of sp³-hybridized carbons (Fsp3) is 0.211. The largest absolute Gasteiger partial charge is 0.375 e. The second-order valence-electron chi connectivity index (χ2n) is 5.89. The van der Waals surface area contributed by atoms with Gasteiger partial charge in [-0.3, -0.25) is 9.48 Å². The summed E-state index contributed by atoms with van der Waals surface area (Å²) >= 11 is 7.38. The molecule has 2 aromatic heterocycles. The van der Waals surface area contributed by atoms with Crippen molar-refractivity contribution in [1.82, 2.24) is 14.8 Å². The Hall–Kier alpha value is -2.42. The number of aromatic nitrogens is 3. The Labute approximate surface area is 171 Å². The topological polar surface area (TPSA) is 69.0 Å². The highest BCUT2D eigenvalue weighted by Gasteiger charge is 2.22. The third-order valence-corrected chi connectivity index (χ3v) is 5.06. The van der Waals surface area contributed by atoms with Gasteiger partial charge in [0.05, 0.1) is 0 Å². The number of anilines is 1. The van der Waals surface area contributed by atoms with E-state index in [1.807, 2.05) is 6.26 Å². The van der Waals surface area contributed by atoms with Crippen molar-refractivity contribution in [3.8, 4) is 22.4 Å². The number of halogens is 2. The fourth-order valence-corrected chi connectivity index (χ4v) is 3.72. The zero-order chi connectivity index (χ0) is 20.3. The van der Waals surface area contributed by atoms with Gasteiger partial charge in [-0.1, -0.05) is 11.6 Å². The van der Waals surface area contributed by atoms with Crippen molar-refractivity contribution in [3.05, 3.63) is 47.4 Å². The van der Waals surface area contributed by atoms with Crippen molar-refractivity contribution in [2.75, 3.05) is 25.3 Å². The Balaban J connectivity index is 2.12. The second-order valence-corrected chi connectivity index (χ2v) is 7.12. The summed E-state index contributed by atoms with van der Waals surface area (Å²) in [6.07, 6.45) is 3.50. The first kappa shape index (κ1) is 20.3. The molecule has 0 aliphatic rings. The molecule has 0 atom stereocenters. The Morgan fingerprint density at radius 2 is 2.14 bits per heavy atom. The molecule has 1 N–H and O–H groups in total. The van der Waals surface area contributed by atoms with Crippen molar-refractivity contribution in [2.45, 2.75) is 5.03 Å². The lowest BCUT2D eigenvalue weighted by atomic mass is 10.0. The van der Waals surface area contributed by atoms with Gasteiger partial charge >= 0.3 is 0 Å². The minimum Gasteiger partial charge on any atom is -0.375 e. The van der Waals surface area contributed by atoms with E-state index in [0.717, 1.165) is 16.2 Å². The number of aryl methyl sites for hydroxylation is 1. The van der Waals surface area contributed by atoms with Gasteiger partial charge in [0.2, 0.25) is 0 Å². The molecule has 0 bridgehead atoms. The Bertz CT molecular complexity index is 1030. The van der Waals surface area contributed by atoms with Gasteiger partial charge < -0.3 is 10.1 Å². The number of carbonyl (C=O) groups excluding carboxylic acids is 1. The predicted octanol–water partition coefficient (Wildman–Crippen LogP) is 4.25. The SMILES string of the molecule is COCC(=O)Nc1cc(-c2c(-c3ccc(Cl)cc3F)nn(C)c2SC)ccn1. The number of ether oxygens (including phenoxy) is 1. The highest BCUT2D eigenvalue weighted by atomic mass is 35.5. The van der Waals surface area contributed by atoms with Crippen LogP contribution in [0, 0.1) is 5.82 Å². The molecule has 1 aromatic carbocycles. The molecule has 0 aliphatic heterocycles. The molecule has 0 radical (unpaired) electrons. The Morgan fingerprint density at radius 1 is 1.36 bits per heavy atom. The van der Waals surface area contributed by atoms with E-state index < -0.39 is 5.82 Å². The first-order valence-electron chi connectivity index (χ1n) is 8.26. The van der Waals surface area contributed by atoms with Gasteiger partial charge in [0.15, 0.2) is 0 Å². The van der Waals surface area contributed by atoms with E-state index in [-0.39, 0.29) is 12.5 Å². The Morgan fingerprint density at radius 3 is 2.82 bits per heavy atom. The average molecular weight is 421 g/mol. The van der Waals surface area contributed by atoms with Gasteiger partial charge in [-0.2, -0.15) is 5.10 Å². The van der Waals surface area contributed by atoms with Crippen LogP contribution in [0.1, 0.15) is 0 Å². The Kier molecular flexibility index (Phi) is 6.33. The second kappa shape index (κ2) is 8.72. The van der Waals surface area contributed by atoms with Crippen LogP contribution in [0.15, 0.2) is 41.6 Å². The zero-order valence-corrected chi connectivity index (χ0v) is 17.1. The molecular formula is C19H18ClFN4O2S. The molecule has 2 heterocycles. The van der Waals surface area contributed by atoms with Crippen LogP contribution in [0.3, 0.4) is 0 Å². The number of benzene rings is 1. The van der Waals surface area contributed by atoms with E-state index in [0.29, 0.717) is 22.1 Å². The number of nitrogens with zero attached hydrogens (tertiary/aromatic N) is 3. The van der Waals surface area contributed by atoms with Gasteiger partial charge in [-0.15, -0.1) is 11.8 Å². The van der Waals surface area contributed by atoms with E-state index in [1.165, 1.54) is 24.9 Å². The molecule has 0 fully saturated rings. The molecule has 0 aliphatic carbocycles. The summed E-state index contributed by atoms with van der Waals surface area (Å²) in [5.41, 5.74) is 2.34. The summed E-state index contributed by atoms with van der Waals surface area (Å²) in [4.78, 5) is 16.0. The van der Waals surface area contributed by atoms with Gasteiger partial charge in [0.1, 0.15) is 29.0 Å².